The third-order valence-electron chi connectivity index (χ3n) is 9.32. The van der Waals surface area contributed by atoms with Crippen molar-refractivity contribution in [2.24, 2.45) is 11.8 Å². The smallest absolute Gasteiger partial charge is 0.266 e. The normalized spacial score (nSPS) is 26.3. The van der Waals surface area contributed by atoms with E-state index in [1.165, 1.54) is 88.3 Å². The minimum atomic E-state index is 0.104. The van der Waals surface area contributed by atoms with E-state index in [1.54, 1.807) is 7.11 Å². The number of nitrogens with one attached hydrogen (secondary N) is 1. The van der Waals surface area contributed by atoms with Crippen LogP contribution in [0.4, 0.5) is 0 Å². The molecule has 2 saturated carbocycles. The second-order valence-corrected chi connectivity index (χ2v) is 13.5. The molecule has 2 aliphatic carbocycles. The molecule has 2 aliphatic heterocycles. The van der Waals surface area contributed by atoms with Gasteiger partial charge in [0.15, 0.2) is 0 Å². The molecule has 39 heavy (non-hydrogen) atoms. The van der Waals surface area contributed by atoms with Gasteiger partial charge in [0.2, 0.25) is 0 Å². The maximum atomic E-state index is 13.6. The van der Waals surface area contributed by atoms with E-state index in [2.05, 4.69) is 34.2 Å². The predicted molar refractivity (Wildman–Crippen MR) is 165 cm³/mol. The first-order valence-electron chi connectivity index (χ1n) is 14.9. The Balaban J connectivity index is 1.18. The number of thioether (sulfide) groups is 1. The molecule has 0 radical (unpaired) electrons. The standard InChI is InChI=1S/C32H41N3O2S2/c1-37-26-11-8-10-23(19-26)27-20-24(9-4-2-5-14-34-15-6-3-7-16-34)28(33-27)21-30-31(36)35(32(38)39-30)29-18-22-12-13-25(29)17-22/h8,10-11,19-22,25,29,33H,2-7,9,12-18H2,1H3/b30-21-. The lowest BCUT2D eigenvalue weighted by atomic mass is 9.94. The van der Waals surface area contributed by atoms with Gasteiger partial charge in [-0.1, -0.05) is 55.4 Å². The van der Waals surface area contributed by atoms with Crippen LogP contribution in [-0.2, 0) is 11.2 Å². The van der Waals surface area contributed by atoms with E-state index in [4.69, 9.17) is 17.0 Å². The van der Waals surface area contributed by atoms with Gasteiger partial charge in [-0.05, 0) is 113 Å². The number of hydrogen-bond acceptors (Lipinski definition) is 5. The average Bonchev–Trinajstić information content (AvgIpc) is 3.74. The van der Waals surface area contributed by atoms with E-state index < -0.39 is 0 Å². The molecule has 6 rings (SSSR count). The van der Waals surface area contributed by atoms with Crippen LogP contribution in [0.1, 0.15) is 75.5 Å². The van der Waals surface area contributed by atoms with Crippen molar-refractivity contribution in [3.63, 3.8) is 0 Å². The molecule has 208 valence electrons. The number of aromatic amines is 1. The largest absolute Gasteiger partial charge is 0.497 e. The van der Waals surface area contributed by atoms with Crippen molar-refractivity contribution < 1.29 is 9.53 Å². The first kappa shape index (κ1) is 27.1. The van der Waals surface area contributed by atoms with Crippen LogP contribution in [0.3, 0.4) is 0 Å². The second kappa shape index (κ2) is 12.2. The Morgan fingerprint density at radius 1 is 1.10 bits per heavy atom. The lowest BCUT2D eigenvalue weighted by Gasteiger charge is -2.30. The Bertz CT molecular complexity index is 1230. The molecule has 4 fully saturated rings. The highest BCUT2D eigenvalue weighted by molar-refractivity contribution is 8.26. The first-order chi connectivity index (χ1) is 19.1. The van der Waals surface area contributed by atoms with Crippen LogP contribution in [0, 0.1) is 11.8 Å². The lowest BCUT2D eigenvalue weighted by molar-refractivity contribution is -0.124. The number of methoxy groups -OCH3 is 1. The van der Waals surface area contributed by atoms with E-state index in [0.717, 1.165) is 57.1 Å². The minimum Gasteiger partial charge on any atom is -0.497 e. The van der Waals surface area contributed by atoms with Crippen LogP contribution in [-0.4, -0.2) is 57.8 Å². The molecule has 2 bridgehead atoms. The summed E-state index contributed by atoms with van der Waals surface area (Å²) in [6, 6.07) is 10.7. The summed E-state index contributed by atoms with van der Waals surface area (Å²) in [5, 5.41) is 0. The highest BCUT2D eigenvalue weighted by atomic mass is 32.2. The number of hydrogen-bond donors (Lipinski definition) is 1. The summed E-state index contributed by atoms with van der Waals surface area (Å²) >= 11 is 7.24. The van der Waals surface area contributed by atoms with E-state index >= 15 is 0 Å². The van der Waals surface area contributed by atoms with Crippen molar-refractivity contribution in [3.8, 4) is 17.0 Å². The topological polar surface area (TPSA) is 48.6 Å². The SMILES string of the molecule is COc1cccc(-c2cc(CCCCCN3CCCCC3)c(/C=C3\SC(=S)N(C4CC5CCC4C5)C3=O)[nH]2)c1. The fraction of sp³-hybridized carbons (Fsp3) is 0.562. The van der Waals surface area contributed by atoms with E-state index in [0.29, 0.717) is 12.0 Å². The van der Waals surface area contributed by atoms with Crippen molar-refractivity contribution in [3.05, 3.63) is 46.5 Å². The first-order valence-corrected chi connectivity index (χ1v) is 16.2. The number of rotatable bonds is 10. The molecular weight excluding hydrogens is 523 g/mol. The van der Waals surface area contributed by atoms with Gasteiger partial charge >= 0.3 is 0 Å². The zero-order chi connectivity index (χ0) is 26.8. The summed E-state index contributed by atoms with van der Waals surface area (Å²) in [4.78, 5) is 22.6. The summed E-state index contributed by atoms with van der Waals surface area (Å²) in [6.45, 7) is 3.76. The summed E-state index contributed by atoms with van der Waals surface area (Å²) < 4.78 is 6.21. The van der Waals surface area contributed by atoms with Crippen LogP contribution < -0.4 is 4.74 Å². The summed E-state index contributed by atoms with van der Waals surface area (Å²) in [6.07, 6.45) is 15.8. The minimum absolute atomic E-state index is 0.104. The molecule has 3 atom stereocenters. The molecule has 5 nitrogen and oxygen atoms in total. The highest BCUT2D eigenvalue weighted by Crippen LogP contribution is 2.49. The molecule has 3 heterocycles. The molecule has 2 saturated heterocycles. The van der Waals surface area contributed by atoms with Crippen LogP contribution in [0.25, 0.3) is 17.3 Å². The Labute approximate surface area is 242 Å². The number of carbonyl (C=O) groups excluding carboxylic acids is 1. The molecule has 3 unspecified atom stereocenters. The number of unbranched alkanes of at least 4 members (excludes halogenated alkanes) is 2. The predicted octanol–water partition coefficient (Wildman–Crippen LogP) is 7.28. The molecule has 2 aromatic rings. The second-order valence-electron chi connectivity index (χ2n) is 11.9. The maximum absolute atomic E-state index is 13.6. The molecule has 1 aromatic heterocycles. The number of amides is 1. The van der Waals surface area contributed by atoms with Crippen molar-refractivity contribution in [1.82, 2.24) is 14.8 Å². The summed E-state index contributed by atoms with van der Waals surface area (Å²) in [5.41, 5.74) is 4.47. The molecule has 4 aliphatic rings. The molecule has 0 spiro atoms. The van der Waals surface area contributed by atoms with E-state index in [1.807, 2.05) is 17.0 Å². The third kappa shape index (κ3) is 6.01. The van der Waals surface area contributed by atoms with Crippen molar-refractivity contribution in [2.75, 3.05) is 26.7 Å². The van der Waals surface area contributed by atoms with Crippen LogP contribution in [0.5, 0.6) is 5.75 Å². The van der Waals surface area contributed by atoms with Gasteiger partial charge in [-0.25, -0.2) is 0 Å². The number of aromatic nitrogens is 1. The molecule has 1 aromatic carbocycles. The van der Waals surface area contributed by atoms with Gasteiger partial charge in [0.1, 0.15) is 10.1 Å². The quantitative estimate of drug-likeness (QED) is 0.187. The number of H-pyrrole nitrogens is 1. The molecule has 1 amide bonds. The zero-order valence-corrected chi connectivity index (χ0v) is 24.8. The maximum Gasteiger partial charge on any atom is 0.266 e. The van der Waals surface area contributed by atoms with Crippen molar-refractivity contribution in [1.29, 1.82) is 0 Å². The van der Waals surface area contributed by atoms with Gasteiger partial charge in [0.05, 0.1) is 12.0 Å². The number of benzene rings is 1. The number of carbonyl (C=O) groups is 1. The number of fused-ring (bicyclic) bond motifs is 2. The van der Waals surface area contributed by atoms with Crippen LogP contribution in [0.2, 0.25) is 0 Å². The van der Waals surface area contributed by atoms with Gasteiger partial charge in [-0.15, -0.1) is 0 Å². The Morgan fingerprint density at radius 3 is 2.74 bits per heavy atom. The molecule has 7 heteroatoms. The van der Waals surface area contributed by atoms with Gasteiger partial charge in [0, 0.05) is 23.0 Å². The monoisotopic (exact) mass is 563 g/mol. The van der Waals surface area contributed by atoms with Crippen LogP contribution in [0.15, 0.2) is 35.2 Å². The summed E-state index contributed by atoms with van der Waals surface area (Å²) in [5.74, 6) is 2.36. The lowest BCUT2D eigenvalue weighted by Crippen LogP contribution is -2.41. The van der Waals surface area contributed by atoms with Crippen LogP contribution >= 0.6 is 24.0 Å². The number of thiocarbonyl (C=S) groups is 1. The van der Waals surface area contributed by atoms with Gasteiger partial charge in [0.25, 0.3) is 5.91 Å². The molecular formula is C32H41N3O2S2. The fourth-order valence-electron chi connectivity index (χ4n) is 7.23. The van der Waals surface area contributed by atoms with Crippen molar-refractivity contribution >= 4 is 40.3 Å². The Kier molecular flexibility index (Phi) is 8.47. The Morgan fingerprint density at radius 2 is 1.97 bits per heavy atom. The van der Waals surface area contributed by atoms with Gasteiger partial charge in [-0.3, -0.25) is 9.69 Å². The average molecular weight is 564 g/mol. The van der Waals surface area contributed by atoms with Gasteiger partial charge in [-0.2, -0.15) is 0 Å². The van der Waals surface area contributed by atoms with E-state index in [9.17, 15) is 4.79 Å². The zero-order valence-electron chi connectivity index (χ0n) is 23.1. The number of nitrogens with zero attached hydrogens (tertiary/aromatic N) is 2. The van der Waals surface area contributed by atoms with Crippen molar-refractivity contribution in [2.45, 2.75) is 76.7 Å². The number of likely N-dealkylation sites (tertiary alicyclic amines) is 1. The van der Waals surface area contributed by atoms with Gasteiger partial charge < -0.3 is 14.6 Å². The van der Waals surface area contributed by atoms with E-state index in [-0.39, 0.29) is 5.91 Å². The highest BCUT2D eigenvalue weighted by Gasteiger charge is 2.48. The number of piperidine rings is 1. The Hall–Kier alpha value is -2.09. The fourth-order valence-corrected chi connectivity index (χ4v) is 8.58. The summed E-state index contributed by atoms with van der Waals surface area (Å²) in [7, 11) is 1.70. The number of aryl methyl sites for hydroxylation is 1. The third-order valence-corrected chi connectivity index (χ3v) is 10.6. The molecule has 1 N–H and O–H groups in total. The number of ether oxygens (including phenoxy) is 1.